The number of halogens is 1. The molecule has 7 heteroatoms. The molecule has 28 heavy (non-hydrogen) atoms. The van der Waals surface area contributed by atoms with E-state index in [0.717, 1.165) is 10.2 Å². The number of carbonyl (C=O) groups excluding carboxylic acids is 2. The second-order valence-corrected chi connectivity index (χ2v) is 7.65. The van der Waals surface area contributed by atoms with Gasteiger partial charge in [0, 0.05) is 23.0 Å². The number of carbonyl (C=O) groups is 2. The van der Waals surface area contributed by atoms with Crippen molar-refractivity contribution in [1.82, 2.24) is 0 Å². The average molecular weight is 448 g/mol. The molecule has 3 rings (SSSR count). The van der Waals surface area contributed by atoms with Crippen LogP contribution in [-0.2, 0) is 15.2 Å². The molecule has 0 fully saturated rings. The highest BCUT2D eigenvalue weighted by atomic mass is 79.9. The highest BCUT2D eigenvalue weighted by molar-refractivity contribution is 9.10. The van der Waals surface area contributed by atoms with E-state index in [1.807, 2.05) is 30.3 Å². The van der Waals surface area contributed by atoms with Crippen molar-refractivity contribution in [1.29, 1.82) is 0 Å². The Morgan fingerprint density at radius 1 is 1.18 bits per heavy atom. The molecule has 0 saturated heterocycles. The summed E-state index contributed by atoms with van der Waals surface area (Å²) in [6, 6.07) is 12.6. The van der Waals surface area contributed by atoms with Gasteiger partial charge in [0.25, 0.3) is 5.91 Å². The molecule has 2 aromatic carbocycles. The third-order valence-electron chi connectivity index (χ3n) is 4.65. The van der Waals surface area contributed by atoms with Gasteiger partial charge in [-0.2, -0.15) is 0 Å². The number of rotatable bonds is 8. The standard InChI is InChI=1S/C21H22BrNO5/c1-14(24)13-21(26)18-12-15(22)4-9-19(18)23(20(21)25)10-3-11-28-17-7-5-16(27-2)6-8-17/h4-9,12,26H,3,10-11,13H2,1-2H3. The third-order valence-corrected chi connectivity index (χ3v) is 5.15. The molecule has 6 nitrogen and oxygen atoms in total. The van der Waals surface area contributed by atoms with Crippen LogP contribution in [0.15, 0.2) is 46.9 Å². The van der Waals surface area contributed by atoms with Gasteiger partial charge in [0.15, 0.2) is 5.60 Å². The number of hydrogen-bond acceptors (Lipinski definition) is 5. The van der Waals surface area contributed by atoms with Crippen LogP contribution in [0.5, 0.6) is 11.5 Å². The third kappa shape index (κ3) is 4.05. The van der Waals surface area contributed by atoms with Crippen LogP contribution in [0.1, 0.15) is 25.3 Å². The van der Waals surface area contributed by atoms with Crippen LogP contribution in [0, 0.1) is 0 Å². The van der Waals surface area contributed by atoms with E-state index in [9.17, 15) is 14.7 Å². The molecule has 0 aliphatic carbocycles. The summed E-state index contributed by atoms with van der Waals surface area (Å²) in [7, 11) is 1.60. The predicted molar refractivity (Wildman–Crippen MR) is 109 cm³/mol. The molecule has 1 aliphatic heterocycles. The molecule has 0 spiro atoms. The Labute approximate surface area is 172 Å². The number of hydrogen-bond donors (Lipinski definition) is 1. The zero-order valence-corrected chi connectivity index (χ0v) is 17.4. The van der Waals surface area contributed by atoms with Crippen LogP contribution in [0.25, 0.3) is 0 Å². The lowest BCUT2D eigenvalue weighted by Crippen LogP contribution is -2.42. The van der Waals surface area contributed by atoms with Crippen molar-refractivity contribution in [2.45, 2.75) is 25.4 Å². The van der Waals surface area contributed by atoms with Crippen molar-refractivity contribution in [3.63, 3.8) is 0 Å². The van der Waals surface area contributed by atoms with Crippen LogP contribution in [0.3, 0.4) is 0 Å². The minimum atomic E-state index is -1.82. The van der Waals surface area contributed by atoms with Crippen LogP contribution in [-0.4, -0.2) is 37.1 Å². The Morgan fingerprint density at radius 2 is 1.86 bits per heavy atom. The number of anilines is 1. The predicted octanol–water partition coefficient (Wildman–Crippen LogP) is 3.44. The van der Waals surface area contributed by atoms with Gasteiger partial charge in [-0.3, -0.25) is 9.59 Å². The zero-order valence-electron chi connectivity index (χ0n) is 15.8. The summed E-state index contributed by atoms with van der Waals surface area (Å²) in [4.78, 5) is 26.1. The number of ketones is 1. The molecule has 1 aliphatic rings. The lowest BCUT2D eigenvalue weighted by atomic mass is 9.90. The summed E-state index contributed by atoms with van der Waals surface area (Å²) in [6.45, 7) is 2.16. The van der Waals surface area contributed by atoms with Gasteiger partial charge in [-0.1, -0.05) is 15.9 Å². The summed E-state index contributed by atoms with van der Waals surface area (Å²) < 4.78 is 11.6. The maximum absolute atomic E-state index is 12.9. The Hall–Kier alpha value is -2.38. The van der Waals surface area contributed by atoms with Gasteiger partial charge in [-0.05, 0) is 55.8 Å². The van der Waals surface area contributed by atoms with Gasteiger partial charge >= 0.3 is 0 Å². The first kappa shape index (κ1) is 20.4. The fourth-order valence-corrected chi connectivity index (χ4v) is 3.72. The number of Topliss-reactive ketones (excluding diaryl/α,β-unsaturated/α-hetero) is 1. The van der Waals surface area contributed by atoms with Crippen LogP contribution < -0.4 is 14.4 Å². The summed E-state index contributed by atoms with van der Waals surface area (Å²) in [5.41, 5.74) is -0.735. The minimum Gasteiger partial charge on any atom is -0.497 e. The summed E-state index contributed by atoms with van der Waals surface area (Å²) in [6.07, 6.45) is 0.331. The number of benzene rings is 2. The second kappa shape index (κ2) is 8.32. The molecule has 0 radical (unpaired) electrons. The Kier molecular flexibility index (Phi) is 6.05. The number of methoxy groups -OCH3 is 1. The maximum atomic E-state index is 12.9. The van der Waals surface area contributed by atoms with Gasteiger partial charge in [0.05, 0.1) is 19.4 Å². The fraction of sp³-hybridized carbons (Fsp3) is 0.333. The van der Waals surface area contributed by atoms with Gasteiger partial charge in [0.1, 0.15) is 17.3 Å². The normalized spacial score (nSPS) is 18.1. The van der Waals surface area contributed by atoms with Crippen LogP contribution in [0.2, 0.25) is 0 Å². The zero-order chi connectivity index (χ0) is 20.3. The Bertz CT molecular complexity index is 883. The smallest absolute Gasteiger partial charge is 0.264 e. The molecule has 148 valence electrons. The summed E-state index contributed by atoms with van der Waals surface area (Å²) >= 11 is 3.37. The minimum absolute atomic E-state index is 0.242. The molecule has 0 aromatic heterocycles. The first-order valence-electron chi connectivity index (χ1n) is 8.96. The van der Waals surface area contributed by atoms with Crippen molar-refractivity contribution in [3.8, 4) is 11.5 Å². The average Bonchev–Trinajstić information content (AvgIpc) is 2.86. The van der Waals surface area contributed by atoms with E-state index in [1.54, 1.807) is 19.2 Å². The van der Waals surface area contributed by atoms with Gasteiger partial charge in [-0.15, -0.1) is 0 Å². The highest BCUT2D eigenvalue weighted by Crippen LogP contribution is 2.43. The highest BCUT2D eigenvalue weighted by Gasteiger charge is 2.50. The Morgan fingerprint density at radius 3 is 2.50 bits per heavy atom. The Balaban J connectivity index is 1.68. The largest absolute Gasteiger partial charge is 0.497 e. The van der Waals surface area contributed by atoms with Gasteiger partial charge < -0.3 is 19.5 Å². The van der Waals surface area contributed by atoms with E-state index in [-0.39, 0.29) is 12.2 Å². The topological polar surface area (TPSA) is 76.1 Å². The number of amides is 1. The lowest BCUT2D eigenvalue weighted by Gasteiger charge is -2.22. The molecular weight excluding hydrogens is 426 g/mol. The van der Waals surface area contributed by atoms with Crippen molar-refractivity contribution in [2.75, 3.05) is 25.2 Å². The van der Waals surface area contributed by atoms with E-state index >= 15 is 0 Å². The quantitative estimate of drug-likeness (QED) is 0.627. The first-order chi connectivity index (χ1) is 13.3. The van der Waals surface area contributed by atoms with Crippen LogP contribution >= 0.6 is 15.9 Å². The number of aliphatic hydroxyl groups is 1. The molecule has 0 bridgehead atoms. The fourth-order valence-electron chi connectivity index (χ4n) is 3.36. The van der Waals surface area contributed by atoms with E-state index in [1.165, 1.54) is 11.8 Å². The molecular formula is C21H22BrNO5. The number of nitrogens with zero attached hydrogens (tertiary/aromatic N) is 1. The van der Waals surface area contributed by atoms with Crippen LogP contribution in [0.4, 0.5) is 5.69 Å². The summed E-state index contributed by atoms with van der Waals surface area (Å²) in [5, 5.41) is 11.0. The van der Waals surface area contributed by atoms with E-state index in [2.05, 4.69) is 15.9 Å². The molecule has 1 N–H and O–H groups in total. The monoisotopic (exact) mass is 447 g/mol. The molecule has 1 unspecified atom stereocenters. The van der Waals surface area contributed by atoms with Crippen molar-refractivity contribution >= 4 is 33.3 Å². The first-order valence-corrected chi connectivity index (χ1v) is 9.75. The van der Waals surface area contributed by atoms with E-state index in [4.69, 9.17) is 9.47 Å². The van der Waals surface area contributed by atoms with E-state index in [0.29, 0.717) is 36.6 Å². The molecule has 1 heterocycles. The molecule has 2 aromatic rings. The SMILES string of the molecule is COc1ccc(OCCCN2C(=O)C(O)(CC(C)=O)c3cc(Br)ccc32)cc1. The van der Waals surface area contributed by atoms with Gasteiger partial charge in [0.2, 0.25) is 0 Å². The lowest BCUT2D eigenvalue weighted by molar-refractivity contribution is -0.141. The van der Waals surface area contributed by atoms with Crippen molar-refractivity contribution in [3.05, 3.63) is 52.5 Å². The number of fused-ring (bicyclic) bond motifs is 1. The van der Waals surface area contributed by atoms with Gasteiger partial charge in [-0.25, -0.2) is 0 Å². The number of ether oxygens (including phenoxy) is 2. The van der Waals surface area contributed by atoms with Crippen molar-refractivity contribution < 1.29 is 24.2 Å². The van der Waals surface area contributed by atoms with E-state index < -0.39 is 11.5 Å². The molecule has 1 atom stereocenters. The molecule has 0 saturated carbocycles. The second-order valence-electron chi connectivity index (χ2n) is 6.73. The van der Waals surface area contributed by atoms with Crippen molar-refractivity contribution in [2.24, 2.45) is 0 Å². The summed E-state index contributed by atoms with van der Waals surface area (Å²) in [5.74, 6) is 0.750. The maximum Gasteiger partial charge on any atom is 0.264 e. The molecule has 1 amide bonds.